The summed E-state index contributed by atoms with van der Waals surface area (Å²) in [5.74, 6) is -0.576. The van der Waals surface area contributed by atoms with Gasteiger partial charge in [0.15, 0.2) is 11.7 Å². The number of amides is 1. The zero-order valence-corrected chi connectivity index (χ0v) is 17.5. The van der Waals surface area contributed by atoms with Gasteiger partial charge in [-0.25, -0.2) is 4.68 Å². The molecule has 2 aromatic heterocycles. The van der Waals surface area contributed by atoms with Gasteiger partial charge in [0.2, 0.25) is 0 Å². The average Bonchev–Trinajstić information content (AvgIpc) is 3.36. The van der Waals surface area contributed by atoms with Crippen LogP contribution in [0.25, 0.3) is 0 Å². The summed E-state index contributed by atoms with van der Waals surface area (Å²) in [5.41, 5.74) is -0.206. The van der Waals surface area contributed by atoms with Crippen LogP contribution in [0.1, 0.15) is 33.9 Å². The van der Waals surface area contributed by atoms with E-state index < -0.39 is 24.2 Å². The fraction of sp³-hybridized carbons (Fsp3) is 0.556. The molecular formula is C18H21ClF3N5O2S. The van der Waals surface area contributed by atoms with Crippen LogP contribution < -0.4 is 10.6 Å². The molecule has 0 bridgehead atoms. The molecule has 2 aliphatic rings. The molecule has 1 amide bonds. The molecule has 1 fully saturated rings. The summed E-state index contributed by atoms with van der Waals surface area (Å²) in [5, 5.41) is 11.4. The summed E-state index contributed by atoms with van der Waals surface area (Å²) >= 11 is 7.67. The zero-order chi connectivity index (χ0) is 21.3. The smallest absolute Gasteiger partial charge is 0.379 e. The van der Waals surface area contributed by atoms with E-state index in [2.05, 4.69) is 20.6 Å². The molecule has 4 heterocycles. The number of hydrogen-bond acceptors (Lipinski definition) is 6. The van der Waals surface area contributed by atoms with E-state index in [4.69, 9.17) is 16.3 Å². The number of anilines is 1. The monoisotopic (exact) mass is 463 g/mol. The number of hydrogen-bond donors (Lipinski definition) is 2. The maximum Gasteiger partial charge on any atom is 0.410 e. The lowest BCUT2D eigenvalue weighted by atomic mass is 10.0. The number of thiophene rings is 1. The van der Waals surface area contributed by atoms with Crippen molar-refractivity contribution in [2.45, 2.75) is 24.7 Å². The summed E-state index contributed by atoms with van der Waals surface area (Å²) in [6.45, 7) is 3.79. The predicted octanol–water partition coefficient (Wildman–Crippen LogP) is 3.32. The second-order valence-electron chi connectivity index (χ2n) is 7.17. The second-order valence-corrected chi connectivity index (χ2v) is 8.53. The number of carbonyl (C=O) groups is 1. The van der Waals surface area contributed by atoms with Crippen molar-refractivity contribution in [3.63, 3.8) is 0 Å². The Morgan fingerprint density at radius 2 is 2.17 bits per heavy atom. The first kappa shape index (κ1) is 21.4. The van der Waals surface area contributed by atoms with Gasteiger partial charge in [-0.15, -0.1) is 11.3 Å². The van der Waals surface area contributed by atoms with Crippen LogP contribution in [0.2, 0.25) is 5.02 Å². The average molecular weight is 464 g/mol. The van der Waals surface area contributed by atoms with Crippen LogP contribution in [0, 0.1) is 0 Å². The van der Waals surface area contributed by atoms with E-state index in [1.54, 1.807) is 17.5 Å². The number of nitrogens with one attached hydrogen (secondary N) is 2. The summed E-state index contributed by atoms with van der Waals surface area (Å²) in [6, 6.07) is 1.13. The van der Waals surface area contributed by atoms with Crippen LogP contribution in [0.5, 0.6) is 0 Å². The molecule has 2 N–H and O–H groups in total. The molecular weight excluding hydrogens is 443 g/mol. The Hall–Kier alpha value is -1.82. The molecule has 12 heteroatoms. The van der Waals surface area contributed by atoms with E-state index in [1.807, 2.05) is 0 Å². The number of halogens is 4. The first-order valence-electron chi connectivity index (χ1n) is 9.57. The van der Waals surface area contributed by atoms with Gasteiger partial charge in [0, 0.05) is 37.5 Å². The summed E-state index contributed by atoms with van der Waals surface area (Å²) in [6.07, 6.45) is -4.75. The van der Waals surface area contributed by atoms with Gasteiger partial charge < -0.3 is 15.4 Å². The van der Waals surface area contributed by atoms with Gasteiger partial charge in [0.1, 0.15) is 10.8 Å². The first-order valence-corrected chi connectivity index (χ1v) is 10.8. The number of aromatic nitrogens is 2. The van der Waals surface area contributed by atoms with Crippen molar-refractivity contribution in [3.8, 4) is 0 Å². The maximum absolute atomic E-state index is 13.7. The predicted molar refractivity (Wildman–Crippen MR) is 107 cm³/mol. The third kappa shape index (κ3) is 4.43. The molecule has 2 aliphatic heterocycles. The number of rotatable bonds is 5. The van der Waals surface area contributed by atoms with E-state index in [0.717, 1.165) is 22.6 Å². The number of fused-ring (bicyclic) bond motifs is 1. The van der Waals surface area contributed by atoms with Crippen LogP contribution in [0.3, 0.4) is 0 Å². The highest BCUT2D eigenvalue weighted by Gasteiger charge is 2.48. The maximum atomic E-state index is 13.7. The van der Waals surface area contributed by atoms with Gasteiger partial charge >= 0.3 is 6.18 Å². The lowest BCUT2D eigenvalue weighted by Crippen LogP contribution is -2.41. The van der Waals surface area contributed by atoms with Crippen LogP contribution >= 0.6 is 22.9 Å². The molecule has 0 unspecified atom stereocenters. The molecule has 2 atom stereocenters. The quantitative estimate of drug-likeness (QED) is 0.711. The molecule has 4 rings (SSSR count). The van der Waals surface area contributed by atoms with Gasteiger partial charge in [-0.2, -0.15) is 18.3 Å². The fourth-order valence-corrected chi connectivity index (χ4v) is 4.70. The number of alkyl halides is 3. The van der Waals surface area contributed by atoms with Crippen molar-refractivity contribution < 1.29 is 22.7 Å². The minimum atomic E-state index is -4.52. The Bertz CT molecular complexity index is 883. The Morgan fingerprint density at radius 1 is 1.40 bits per heavy atom. The van der Waals surface area contributed by atoms with E-state index in [-0.39, 0.29) is 23.0 Å². The van der Waals surface area contributed by atoms with Gasteiger partial charge in [0.25, 0.3) is 5.91 Å². The SMILES string of the molecule is O=C(NCCN1CCOCC1)c1nn2c(c1Cl)N[C@H](c1cccs1)C[C@@H]2C(F)(F)F. The third-order valence-electron chi connectivity index (χ3n) is 5.21. The molecule has 1 saturated heterocycles. The number of carbonyl (C=O) groups excluding carboxylic acids is 1. The Morgan fingerprint density at radius 3 is 2.83 bits per heavy atom. The van der Waals surface area contributed by atoms with Crippen molar-refractivity contribution in [1.29, 1.82) is 0 Å². The molecule has 0 spiro atoms. The molecule has 0 radical (unpaired) electrons. The van der Waals surface area contributed by atoms with Crippen LogP contribution in [0.15, 0.2) is 17.5 Å². The van der Waals surface area contributed by atoms with Gasteiger partial charge in [0.05, 0.1) is 19.3 Å². The van der Waals surface area contributed by atoms with Crippen molar-refractivity contribution in [1.82, 2.24) is 20.0 Å². The van der Waals surface area contributed by atoms with Crippen molar-refractivity contribution in [3.05, 3.63) is 33.1 Å². The highest BCUT2D eigenvalue weighted by molar-refractivity contribution is 7.10. The molecule has 164 valence electrons. The lowest BCUT2D eigenvalue weighted by molar-refractivity contribution is -0.173. The third-order valence-corrected chi connectivity index (χ3v) is 6.56. The van der Waals surface area contributed by atoms with Crippen molar-refractivity contribution >= 4 is 34.7 Å². The van der Waals surface area contributed by atoms with Crippen molar-refractivity contribution in [2.75, 3.05) is 44.7 Å². The second kappa shape index (κ2) is 8.74. The van der Waals surface area contributed by atoms with Crippen LogP contribution in [0.4, 0.5) is 19.0 Å². The first-order chi connectivity index (χ1) is 14.3. The highest BCUT2D eigenvalue weighted by atomic mass is 35.5. The zero-order valence-electron chi connectivity index (χ0n) is 15.9. The Balaban J connectivity index is 1.51. The van der Waals surface area contributed by atoms with Crippen molar-refractivity contribution in [2.24, 2.45) is 0 Å². The standard InChI is InChI=1S/C18H21ClF3N5O2S/c19-14-15(17(28)23-3-4-26-5-7-29-8-6-26)25-27-13(18(20,21)22)10-11(24-16(14)27)12-2-1-9-30-12/h1-2,9,11,13,24H,3-8,10H2,(H,23,28)/t11-,13+/m0/s1. The normalized spacial score (nSPS) is 22.4. The molecule has 30 heavy (non-hydrogen) atoms. The molecule has 2 aromatic rings. The van der Waals surface area contributed by atoms with E-state index in [0.29, 0.717) is 26.3 Å². The van der Waals surface area contributed by atoms with Crippen LogP contribution in [-0.4, -0.2) is 66.2 Å². The molecule has 0 saturated carbocycles. The van der Waals surface area contributed by atoms with Gasteiger partial charge in [-0.3, -0.25) is 9.69 Å². The van der Waals surface area contributed by atoms with Gasteiger partial charge in [-0.05, 0) is 11.4 Å². The number of ether oxygens (including phenoxy) is 1. The molecule has 7 nitrogen and oxygen atoms in total. The number of nitrogens with zero attached hydrogens (tertiary/aromatic N) is 3. The Kier molecular flexibility index (Phi) is 6.24. The van der Waals surface area contributed by atoms with Gasteiger partial charge in [-0.1, -0.05) is 17.7 Å². The largest absolute Gasteiger partial charge is 0.410 e. The fourth-order valence-electron chi connectivity index (χ4n) is 3.65. The van der Waals surface area contributed by atoms with E-state index >= 15 is 0 Å². The summed E-state index contributed by atoms with van der Waals surface area (Å²) < 4.78 is 47.3. The van der Waals surface area contributed by atoms with E-state index in [9.17, 15) is 18.0 Å². The molecule has 0 aromatic carbocycles. The summed E-state index contributed by atoms with van der Waals surface area (Å²) in [7, 11) is 0. The van der Waals surface area contributed by atoms with E-state index in [1.165, 1.54) is 11.3 Å². The number of morpholine rings is 1. The Labute approximate surface area is 180 Å². The van der Waals surface area contributed by atoms with Crippen LogP contribution in [-0.2, 0) is 4.74 Å². The topological polar surface area (TPSA) is 71.4 Å². The highest BCUT2D eigenvalue weighted by Crippen LogP contribution is 2.46. The minimum Gasteiger partial charge on any atom is -0.379 e. The minimum absolute atomic E-state index is 0.0157. The lowest BCUT2D eigenvalue weighted by Gasteiger charge is -2.32. The summed E-state index contributed by atoms with van der Waals surface area (Å²) in [4.78, 5) is 15.5. The molecule has 0 aliphatic carbocycles.